The van der Waals surface area contributed by atoms with Crippen LogP contribution in [-0.4, -0.2) is 72.7 Å². The molecule has 9 atom stereocenters. The van der Waals surface area contributed by atoms with Crippen LogP contribution < -0.4 is 18.9 Å². The van der Waals surface area contributed by atoms with Crippen molar-refractivity contribution >= 4 is 52.7 Å². The Morgan fingerprint density at radius 3 is 1.56 bits per heavy atom. The predicted octanol–water partition coefficient (Wildman–Crippen LogP) is 16.0. The number of methoxy groups -OCH3 is 4. The number of halogens is 2. The molecule has 4 saturated carbocycles. The Hall–Kier alpha value is -5.72. The van der Waals surface area contributed by atoms with Gasteiger partial charge in [-0.25, -0.2) is 19.2 Å². The molecule has 4 N–H and O–H groups in total. The van der Waals surface area contributed by atoms with E-state index in [1.165, 1.54) is 117 Å². The van der Waals surface area contributed by atoms with Crippen LogP contribution in [0.2, 0.25) is 10.0 Å². The molecule has 426 valence electrons. The highest BCUT2D eigenvalue weighted by Gasteiger charge is 2.60. The van der Waals surface area contributed by atoms with Gasteiger partial charge in [-0.15, -0.1) is 0 Å². The highest BCUT2D eigenvalue weighted by molar-refractivity contribution is 6.33. The third kappa shape index (κ3) is 12.0. The van der Waals surface area contributed by atoms with E-state index in [0.717, 1.165) is 54.8 Å². The Bertz CT molecular complexity index is 2850. The van der Waals surface area contributed by atoms with Crippen molar-refractivity contribution in [2.75, 3.05) is 28.4 Å². The normalized spacial score (nSPS) is 24.6. The number of allylic oxidation sites excluding steroid dienone is 1. The fourth-order valence-electron chi connectivity index (χ4n) is 15.9. The Balaban J connectivity index is 1.15. The van der Waals surface area contributed by atoms with E-state index >= 15 is 0 Å². The van der Waals surface area contributed by atoms with Crippen LogP contribution in [0.5, 0.6) is 23.0 Å². The van der Waals surface area contributed by atoms with Crippen molar-refractivity contribution in [3.63, 3.8) is 0 Å². The number of carbonyl (C=O) groups is 4. The molecule has 4 fully saturated rings. The number of rotatable bonds is 22. The Labute approximate surface area is 476 Å². The summed E-state index contributed by atoms with van der Waals surface area (Å²) in [5.74, 6) is 0.861. The topological polar surface area (TPSA) is 186 Å². The van der Waals surface area contributed by atoms with Crippen molar-refractivity contribution in [2.45, 2.75) is 137 Å². The fourth-order valence-corrected chi connectivity index (χ4v) is 16.6. The van der Waals surface area contributed by atoms with E-state index in [9.17, 15) is 39.6 Å². The number of benzene rings is 4. The van der Waals surface area contributed by atoms with Gasteiger partial charge in [0, 0.05) is 12.8 Å². The molecule has 2 unspecified atom stereocenters. The molecular formula is C65H80Cl2O12. The highest BCUT2D eigenvalue weighted by Crippen LogP contribution is 2.69. The predicted molar refractivity (Wildman–Crippen MR) is 308 cm³/mol. The molecule has 0 radical (unpaired) electrons. The van der Waals surface area contributed by atoms with Crippen LogP contribution in [0.1, 0.15) is 199 Å². The van der Waals surface area contributed by atoms with Crippen molar-refractivity contribution < 1.29 is 58.6 Å². The van der Waals surface area contributed by atoms with Crippen molar-refractivity contribution in [1.82, 2.24) is 0 Å². The van der Waals surface area contributed by atoms with E-state index in [-0.39, 0.29) is 68.1 Å². The summed E-state index contributed by atoms with van der Waals surface area (Å²) in [5, 5.41) is 41.9. The van der Waals surface area contributed by atoms with E-state index in [0.29, 0.717) is 68.0 Å². The van der Waals surface area contributed by atoms with Crippen molar-refractivity contribution in [2.24, 2.45) is 58.2 Å². The average Bonchev–Trinajstić information content (AvgIpc) is 3.83. The molecule has 0 bridgehead atoms. The molecule has 4 aliphatic carbocycles. The maximum atomic E-state index is 13.3. The first-order valence-electron chi connectivity index (χ1n) is 28.4. The first-order chi connectivity index (χ1) is 37.6. The van der Waals surface area contributed by atoms with Gasteiger partial charge in [0.15, 0.2) is 11.5 Å². The summed E-state index contributed by atoms with van der Waals surface area (Å²) < 4.78 is 22.2. The van der Waals surface area contributed by atoms with Gasteiger partial charge >= 0.3 is 23.9 Å². The van der Waals surface area contributed by atoms with E-state index in [1.54, 1.807) is 24.3 Å². The standard InChI is InChI=1S/C65H80Cl2O12/c1-35(2)12-10-13-36(3)51-18-19-52-46-17-16-44-26-37(20-22-64(44,4)53(46)21-23-65(51,52)5)14-11-15-45(40-31-42(56(76-6)49(33-40)62(72)73)24-38-27-47(60(68)69)58(78-8)54(66)29-38)41-32-43(57(77-7)50(34-41)63(74)75)25-39-28-48(61(70)71)59(79-9)55(67)30-39/h15,27-37,44,46,51-53H,10-14,16-26H2,1-9H3,(H,68,69)(H,70,71)(H,72,73)(H,74,75)/t36-,37?,44?,46+,51-,52+,53+,64+,65-/m1/s1. The lowest BCUT2D eigenvalue weighted by atomic mass is 9.44. The van der Waals surface area contributed by atoms with Gasteiger partial charge in [-0.3, -0.25) is 0 Å². The minimum absolute atomic E-state index is 0.00909. The van der Waals surface area contributed by atoms with Crippen LogP contribution in [0.4, 0.5) is 0 Å². The number of carboxylic acid groups (broad SMARTS) is 4. The fraction of sp³-hybridized carbons (Fsp3) is 0.538. The van der Waals surface area contributed by atoms with Crippen molar-refractivity contribution in [3.05, 3.63) is 120 Å². The van der Waals surface area contributed by atoms with E-state index in [2.05, 4.69) is 40.7 Å². The highest BCUT2D eigenvalue weighted by atomic mass is 35.5. The van der Waals surface area contributed by atoms with E-state index in [1.807, 2.05) is 0 Å². The molecule has 0 aromatic heterocycles. The molecule has 4 aliphatic rings. The monoisotopic (exact) mass is 1120 g/mol. The molecule has 4 aromatic carbocycles. The number of hydrogen-bond acceptors (Lipinski definition) is 8. The molecule has 0 spiro atoms. The molecule has 0 saturated heterocycles. The summed E-state index contributed by atoms with van der Waals surface area (Å²) in [6.45, 7) is 12.5. The zero-order valence-corrected chi connectivity index (χ0v) is 49.0. The second kappa shape index (κ2) is 24.6. The second-order valence-corrected chi connectivity index (χ2v) is 25.2. The second-order valence-electron chi connectivity index (χ2n) is 24.3. The smallest absolute Gasteiger partial charge is 0.339 e. The molecule has 0 amide bonds. The van der Waals surface area contributed by atoms with Gasteiger partial charge in [-0.1, -0.05) is 83.2 Å². The third-order valence-electron chi connectivity index (χ3n) is 19.6. The van der Waals surface area contributed by atoms with Crippen molar-refractivity contribution in [1.29, 1.82) is 0 Å². The first kappa shape index (κ1) is 59.4. The van der Waals surface area contributed by atoms with Gasteiger partial charge < -0.3 is 39.4 Å². The molecule has 8 rings (SSSR count). The summed E-state index contributed by atoms with van der Waals surface area (Å²) in [6.07, 6.45) is 19.0. The Morgan fingerprint density at radius 1 is 0.595 bits per heavy atom. The van der Waals surface area contributed by atoms with Crippen LogP contribution in [0.25, 0.3) is 5.57 Å². The third-order valence-corrected chi connectivity index (χ3v) is 20.1. The van der Waals surface area contributed by atoms with Gasteiger partial charge in [0.2, 0.25) is 0 Å². The summed E-state index contributed by atoms with van der Waals surface area (Å²) in [6, 6.07) is 12.6. The summed E-state index contributed by atoms with van der Waals surface area (Å²) in [4.78, 5) is 51.3. The molecule has 79 heavy (non-hydrogen) atoms. The van der Waals surface area contributed by atoms with Crippen LogP contribution in [0.3, 0.4) is 0 Å². The quantitative estimate of drug-likeness (QED) is 0.0584. The number of hydrogen-bond donors (Lipinski definition) is 4. The zero-order valence-electron chi connectivity index (χ0n) is 47.4. The molecule has 0 heterocycles. The lowest BCUT2D eigenvalue weighted by Crippen LogP contribution is -2.53. The molecule has 4 aromatic rings. The number of fused-ring (bicyclic) bond motifs is 5. The Kier molecular flexibility index (Phi) is 18.5. The van der Waals surface area contributed by atoms with Crippen LogP contribution in [0, 0.1) is 58.2 Å². The summed E-state index contributed by atoms with van der Waals surface area (Å²) in [5.41, 5.74) is 3.30. The number of carboxylic acids is 4. The molecule has 0 aliphatic heterocycles. The maximum absolute atomic E-state index is 13.3. The van der Waals surface area contributed by atoms with E-state index < -0.39 is 23.9 Å². The zero-order chi connectivity index (χ0) is 57.2. The summed E-state index contributed by atoms with van der Waals surface area (Å²) >= 11 is 13.2. The molecule has 14 heteroatoms. The van der Waals surface area contributed by atoms with Gasteiger partial charge in [0.05, 0.1) is 38.5 Å². The van der Waals surface area contributed by atoms with Gasteiger partial charge in [0.25, 0.3) is 0 Å². The minimum Gasteiger partial charge on any atom is -0.496 e. The SMILES string of the molecule is COc1c(Cl)cc(Cc2cc(C(=CCCC3CC[C@@]4(C)C(CC[C@H]5[C@@H]6CC[C@H]([C@H](C)CCCC(C)C)[C@@]6(C)CC[C@@H]54)C3)c3cc(Cc4cc(Cl)c(OC)c(C(=O)O)c4)c(OC)c(C(=O)O)c3)cc(C(=O)O)c2OC)cc1C(=O)O. The molecule has 12 nitrogen and oxygen atoms in total. The average molecular weight is 1120 g/mol. The largest absolute Gasteiger partial charge is 0.496 e. The Morgan fingerprint density at radius 2 is 1.08 bits per heavy atom. The van der Waals surface area contributed by atoms with Gasteiger partial charge in [0.1, 0.15) is 33.8 Å². The van der Waals surface area contributed by atoms with Crippen molar-refractivity contribution in [3.8, 4) is 23.0 Å². The maximum Gasteiger partial charge on any atom is 0.339 e. The lowest BCUT2D eigenvalue weighted by Gasteiger charge is -2.61. The molecular weight excluding hydrogens is 1040 g/mol. The number of aromatic carboxylic acids is 4. The lowest BCUT2D eigenvalue weighted by molar-refractivity contribution is -0.121. The van der Waals surface area contributed by atoms with Crippen LogP contribution in [0.15, 0.2) is 54.6 Å². The van der Waals surface area contributed by atoms with E-state index in [4.69, 9.17) is 42.1 Å². The van der Waals surface area contributed by atoms with Crippen LogP contribution in [-0.2, 0) is 12.8 Å². The van der Waals surface area contributed by atoms with Gasteiger partial charge in [-0.2, -0.15) is 0 Å². The van der Waals surface area contributed by atoms with Gasteiger partial charge in [-0.05, 0) is 216 Å². The number of ether oxygens (including phenoxy) is 4. The minimum atomic E-state index is -1.27. The first-order valence-corrected chi connectivity index (χ1v) is 29.1. The van der Waals surface area contributed by atoms with Crippen LogP contribution >= 0.6 is 23.2 Å². The summed E-state index contributed by atoms with van der Waals surface area (Å²) in [7, 11) is 5.40.